The molecule has 0 spiro atoms. The van der Waals surface area contributed by atoms with E-state index in [4.69, 9.17) is 0 Å². The fraction of sp³-hybridized carbons (Fsp3) is 1.00. The maximum atomic E-state index is 11.0. The summed E-state index contributed by atoms with van der Waals surface area (Å²) < 4.78 is 0. The number of rotatable bonds is 1. The molecule has 2 fully saturated rings. The van der Waals surface area contributed by atoms with Gasteiger partial charge in [-0.3, -0.25) is 0 Å². The van der Waals surface area contributed by atoms with Crippen LogP contribution in [-0.4, -0.2) is 5.60 Å². The lowest BCUT2D eigenvalue weighted by molar-refractivity contribution is 0.0449. The monoisotopic (exact) mass is 97.1 g/mol. The van der Waals surface area contributed by atoms with Gasteiger partial charge in [-0.15, -0.1) is 0 Å². The Morgan fingerprint density at radius 1 is 1.29 bits per heavy atom. The van der Waals surface area contributed by atoms with Crippen molar-refractivity contribution in [2.45, 2.75) is 31.3 Å². The minimum absolute atomic E-state index is 0.389. The summed E-state index contributed by atoms with van der Waals surface area (Å²) in [6.45, 7) is 0. The van der Waals surface area contributed by atoms with Crippen molar-refractivity contribution in [2.24, 2.45) is 5.92 Å². The Morgan fingerprint density at radius 2 is 1.86 bits per heavy atom. The third-order valence-corrected chi connectivity index (χ3v) is 2.06. The summed E-state index contributed by atoms with van der Waals surface area (Å²) in [5, 5.41) is 11.0. The molecule has 1 radical (unpaired) electrons. The SMILES string of the molecule is [O]C1(C2CC2)CC1. The molecule has 0 saturated heterocycles. The van der Waals surface area contributed by atoms with Crippen LogP contribution in [0, 0.1) is 5.92 Å². The zero-order valence-corrected chi connectivity index (χ0v) is 4.31. The second-order valence-corrected chi connectivity index (χ2v) is 2.84. The average molecular weight is 97.1 g/mol. The van der Waals surface area contributed by atoms with E-state index in [1.54, 1.807) is 0 Å². The molecule has 1 heteroatoms. The maximum Gasteiger partial charge on any atom is 0.107 e. The molecule has 0 bridgehead atoms. The summed E-state index contributed by atoms with van der Waals surface area (Å²) in [5.74, 6) is 0.604. The lowest BCUT2D eigenvalue weighted by Crippen LogP contribution is -2.05. The third kappa shape index (κ3) is 0.480. The zero-order chi connectivity index (χ0) is 4.91. The Labute approximate surface area is 43.3 Å². The molecule has 0 heterocycles. The van der Waals surface area contributed by atoms with Crippen LogP contribution in [0.3, 0.4) is 0 Å². The summed E-state index contributed by atoms with van der Waals surface area (Å²) in [4.78, 5) is 0. The Kier molecular flexibility index (Phi) is 0.487. The van der Waals surface area contributed by atoms with Crippen molar-refractivity contribution < 1.29 is 5.11 Å². The Balaban J connectivity index is 2.04. The highest BCUT2D eigenvalue weighted by atomic mass is 16.3. The molecule has 2 rings (SSSR count). The summed E-state index contributed by atoms with van der Waals surface area (Å²) in [6, 6.07) is 0. The number of hydrogen-bond donors (Lipinski definition) is 0. The van der Waals surface area contributed by atoms with E-state index in [1.165, 1.54) is 12.8 Å². The van der Waals surface area contributed by atoms with Crippen molar-refractivity contribution in [1.29, 1.82) is 0 Å². The Morgan fingerprint density at radius 3 is 2.00 bits per heavy atom. The van der Waals surface area contributed by atoms with Crippen molar-refractivity contribution in [3.63, 3.8) is 0 Å². The van der Waals surface area contributed by atoms with Gasteiger partial charge in [0.2, 0.25) is 0 Å². The van der Waals surface area contributed by atoms with Crippen LogP contribution in [0.5, 0.6) is 0 Å². The van der Waals surface area contributed by atoms with E-state index in [0.717, 1.165) is 12.8 Å². The van der Waals surface area contributed by atoms with Gasteiger partial charge in [0.05, 0.1) is 0 Å². The van der Waals surface area contributed by atoms with Crippen molar-refractivity contribution in [2.75, 3.05) is 0 Å². The summed E-state index contributed by atoms with van der Waals surface area (Å²) in [7, 11) is 0. The van der Waals surface area contributed by atoms with Gasteiger partial charge in [-0.2, -0.15) is 0 Å². The normalized spacial score (nSPS) is 35.6. The molecule has 39 valence electrons. The van der Waals surface area contributed by atoms with Gasteiger partial charge in [-0.1, -0.05) is 0 Å². The predicted octanol–water partition coefficient (Wildman–Crippen LogP) is 1.36. The molecule has 0 aromatic carbocycles. The summed E-state index contributed by atoms with van der Waals surface area (Å²) >= 11 is 0. The van der Waals surface area contributed by atoms with E-state index in [-0.39, 0.29) is 5.60 Å². The average Bonchev–Trinajstić information content (AvgIpc) is 2.14. The van der Waals surface area contributed by atoms with Crippen LogP contribution >= 0.6 is 0 Å². The molecule has 0 unspecified atom stereocenters. The van der Waals surface area contributed by atoms with E-state index in [9.17, 15) is 5.11 Å². The van der Waals surface area contributed by atoms with E-state index in [0.29, 0.717) is 5.92 Å². The Bertz CT molecular complexity index is 90.4. The zero-order valence-electron chi connectivity index (χ0n) is 4.31. The lowest BCUT2D eigenvalue weighted by Gasteiger charge is -1.95. The lowest BCUT2D eigenvalue weighted by atomic mass is 10.2. The van der Waals surface area contributed by atoms with Gasteiger partial charge >= 0.3 is 0 Å². The highest BCUT2D eigenvalue weighted by Crippen LogP contribution is 2.53. The fourth-order valence-electron chi connectivity index (χ4n) is 1.14. The molecule has 2 aliphatic carbocycles. The topological polar surface area (TPSA) is 19.9 Å². The summed E-state index contributed by atoms with van der Waals surface area (Å²) in [6.07, 6.45) is 4.39. The van der Waals surface area contributed by atoms with E-state index >= 15 is 0 Å². The first kappa shape index (κ1) is 3.90. The molecule has 2 saturated carbocycles. The minimum Gasteiger partial charge on any atom is -0.229 e. The molecule has 0 N–H and O–H groups in total. The molecule has 0 aliphatic heterocycles. The van der Waals surface area contributed by atoms with Crippen molar-refractivity contribution in [1.82, 2.24) is 0 Å². The fourth-order valence-corrected chi connectivity index (χ4v) is 1.14. The first-order valence-corrected chi connectivity index (χ1v) is 3.02. The largest absolute Gasteiger partial charge is 0.229 e. The van der Waals surface area contributed by atoms with Gasteiger partial charge < -0.3 is 0 Å². The van der Waals surface area contributed by atoms with Crippen LogP contribution in [0.15, 0.2) is 0 Å². The first-order chi connectivity index (χ1) is 3.31. The molecule has 1 nitrogen and oxygen atoms in total. The molecule has 2 aliphatic rings. The molecule has 0 amide bonds. The van der Waals surface area contributed by atoms with E-state index < -0.39 is 0 Å². The number of hydrogen-bond acceptors (Lipinski definition) is 0. The van der Waals surface area contributed by atoms with Crippen molar-refractivity contribution in [3.8, 4) is 0 Å². The second-order valence-electron chi connectivity index (χ2n) is 2.84. The van der Waals surface area contributed by atoms with Gasteiger partial charge in [-0.05, 0) is 31.6 Å². The maximum absolute atomic E-state index is 11.0. The highest BCUT2D eigenvalue weighted by Gasteiger charge is 2.54. The molecule has 0 aromatic rings. The molecule has 7 heavy (non-hydrogen) atoms. The van der Waals surface area contributed by atoms with Gasteiger partial charge in [-0.25, -0.2) is 5.11 Å². The van der Waals surface area contributed by atoms with Crippen LogP contribution < -0.4 is 0 Å². The summed E-state index contributed by atoms with van der Waals surface area (Å²) in [5.41, 5.74) is -0.389. The van der Waals surface area contributed by atoms with Crippen LogP contribution in [0.4, 0.5) is 0 Å². The second kappa shape index (κ2) is 0.873. The van der Waals surface area contributed by atoms with Crippen LogP contribution in [-0.2, 0) is 5.11 Å². The molecular formula is C6H9O. The molecular weight excluding hydrogens is 88.1 g/mol. The van der Waals surface area contributed by atoms with Crippen LogP contribution in [0.25, 0.3) is 0 Å². The predicted molar refractivity (Wildman–Crippen MR) is 25.4 cm³/mol. The van der Waals surface area contributed by atoms with Crippen molar-refractivity contribution >= 4 is 0 Å². The van der Waals surface area contributed by atoms with Gasteiger partial charge in [0.25, 0.3) is 0 Å². The quantitative estimate of drug-likeness (QED) is 0.471. The standard InChI is InChI=1S/C6H9O/c7-6(3-4-6)5-1-2-5/h5H,1-4H2. The van der Waals surface area contributed by atoms with E-state index in [2.05, 4.69) is 0 Å². The molecule has 0 aromatic heterocycles. The van der Waals surface area contributed by atoms with Crippen LogP contribution in [0.2, 0.25) is 0 Å². The van der Waals surface area contributed by atoms with E-state index in [1.807, 2.05) is 0 Å². The van der Waals surface area contributed by atoms with Crippen molar-refractivity contribution in [3.05, 3.63) is 0 Å². The van der Waals surface area contributed by atoms with Gasteiger partial charge in [0.15, 0.2) is 0 Å². The highest BCUT2D eigenvalue weighted by molar-refractivity contribution is 5.04. The van der Waals surface area contributed by atoms with Gasteiger partial charge in [0.1, 0.15) is 5.60 Å². The van der Waals surface area contributed by atoms with Crippen LogP contribution in [0.1, 0.15) is 25.7 Å². The third-order valence-electron chi connectivity index (χ3n) is 2.06. The first-order valence-electron chi connectivity index (χ1n) is 3.02. The Hall–Kier alpha value is -0.0400. The smallest absolute Gasteiger partial charge is 0.107 e. The van der Waals surface area contributed by atoms with Gasteiger partial charge in [0, 0.05) is 0 Å². The molecule has 0 atom stereocenters. The minimum atomic E-state index is -0.389.